The Morgan fingerprint density at radius 1 is 0.356 bits per heavy atom. The maximum absolute atomic E-state index is 12.7. The molecule has 0 bridgehead atoms. The van der Waals surface area contributed by atoms with Gasteiger partial charge in [0.1, 0.15) is 13.2 Å². The summed E-state index contributed by atoms with van der Waals surface area (Å²) in [6.07, 6.45) is 57.9. The standard InChI is InChI=1S/C53H92O6/c1-4-7-10-13-16-19-21-22-23-24-25-26-27-28-29-30-31-32-33-35-37-40-43-46-52(55)58-49-50(48-57-51(54)45-42-39-36-18-15-12-9-6-3)59-53(56)47-44-41-38-34-20-17-14-11-8-5-2/h7,10-11,14,16,19,22-23,25-26,50H,4-6,8-9,12-13,15,17-18,20-21,24,27-49H2,1-3H3/b10-7-,14-11-,19-16-,23-22-,26-25-. The Labute approximate surface area is 364 Å². The quantitative estimate of drug-likeness (QED) is 0.0263. The second kappa shape index (κ2) is 47.8. The zero-order chi connectivity index (χ0) is 43.0. The molecule has 6 heteroatoms. The van der Waals surface area contributed by atoms with Crippen LogP contribution in [0.3, 0.4) is 0 Å². The lowest BCUT2D eigenvalue weighted by Gasteiger charge is -2.18. The van der Waals surface area contributed by atoms with Crippen molar-refractivity contribution in [3.63, 3.8) is 0 Å². The van der Waals surface area contributed by atoms with E-state index in [2.05, 4.69) is 81.5 Å². The molecule has 0 aromatic heterocycles. The van der Waals surface area contributed by atoms with E-state index in [-0.39, 0.29) is 31.1 Å². The van der Waals surface area contributed by atoms with Crippen LogP contribution in [0.2, 0.25) is 0 Å². The summed E-state index contributed by atoms with van der Waals surface area (Å²) in [5.41, 5.74) is 0. The second-order valence-corrected chi connectivity index (χ2v) is 16.3. The van der Waals surface area contributed by atoms with E-state index in [0.717, 1.165) is 103 Å². The van der Waals surface area contributed by atoms with Gasteiger partial charge in [-0.15, -0.1) is 0 Å². The van der Waals surface area contributed by atoms with Gasteiger partial charge in [0.25, 0.3) is 0 Å². The third-order valence-corrected chi connectivity index (χ3v) is 10.5. The van der Waals surface area contributed by atoms with Crippen molar-refractivity contribution in [3.05, 3.63) is 60.8 Å². The summed E-state index contributed by atoms with van der Waals surface area (Å²) in [6, 6.07) is 0. The third-order valence-electron chi connectivity index (χ3n) is 10.5. The predicted octanol–water partition coefficient (Wildman–Crippen LogP) is 16.1. The van der Waals surface area contributed by atoms with Crippen molar-refractivity contribution in [3.8, 4) is 0 Å². The number of rotatable bonds is 44. The molecule has 0 radical (unpaired) electrons. The molecule has 0 aliphatic heterocycles. The molecule has 0 aliphatic rings. The number of esters is 3. The van der Waals surface area contributed by atoms with Crippen LogP contribution in [-0.4, -0.2) is 37.2 Å². The van der Waals surface area contributed by atoms with Gasteiger partial charge in [0.2, 0.25) is 0 Å². The number of unbranched alkanes of at least 4 members (excludes halogenated alkanes) is 23. The Hall–Kier alpha value is -2.89. The van der Waals surface area contributed by atoms with Crippen LogP contribution in [0.5, 0.6) is 0 Å². The van der Waals surface area contributed by atoms with Gasteiger partial charge in [0.15, 0.2) is 6.10 Å². The highest BCUT2D eigenvalue weighted by Crippen LogP contribution is 2.14. The molecule has 0 heterocycles. The first-order valence-corrected chi connectivity index (χ1v) is 24.8. The highest BCUT2D eigenvalue weighted by atomic mass is 16.6. The zero-order valence-electron chi connectivity index (χ0n) is 38.8. The van der Waals surface area contributed by atoms with E-state index in [0.29, 0.717) is 19.3 Å². The Morgan fingerprint density at radius 3 is 1.12 bits per heavy atom. The van der Waals surface area contributed by atoms with E-state index in [1.54, 1.807) is 0 Å². The summed E-state index contributed by atoms with van der Waals surface area (Å²) in [5, 5.41) is 0. The fourth-order valence-corrected chi connectivity index (χ4v) is 6.79. The number of ether oxygens (including phenoxy) is 3. The van der Waals surface area contributed by atoms with Gasteiger partial charge in [-0.1, -0.05) is 204 Å². The maximum Gasteiger partial charge on any atom is 0.306 e. The zero-order valence-corrected chi connectivity index (χ0v) is 38.8. The van der Waals surface area contributed by atoms with Crippen molar-refractivity contribution in [2.24, 2.45) is 0 Å². The van der Waals surface area contributed by atoms with Crippen molar-refractivity contribution in [2.45, 2.75) is 245 Å². The molecule has 0 aliphatic carbocycles. The van der Waals surface area contributed by atoms with Gasteiger partial charge in [-0.25, -0.2) is 0 Å². The van der Waals surface area contributed by atoms with Crippen LogP contribution >= 0.6 is 0 Å². The highest BCUT2D eigenvalue weighted by molar-refractivity contribution is 5.71. The summed E-state index contributed by atoms with van der Waals surface area (Å²) in [7, 11) is 0. The number of carbonyl (C=O) groups is 3. The minimum absolute atomic E-state index is 0.0777. The molecule has 0 fully saturated rings. The van der Waals surface area contributed by atoms with Gasteiger partial charge < -0.3 is 14.2 Å². The van der Waals surface area contributed by atoms with Crippen LogP contribution in [0, 0.1) is 0 Å². The molecule has 0 N–H and O–H groups in total. The van der Waals surface area contributed by atoms with Crippen molar-refractivity contribution in [1.29, 1.82) is 0 Å². The van der Waals surface area contributed by atoms with Crippen LogP contribution in [0.15, 0.2) is 60.8 Å². The van der Waals surface area contributed by atoms with Crippen LogP contribution < -0.4 is 0 Å². The SMILES string of the molecule is CC/C=C\C/C=C\C/C=C\C/C=C\CCCCCCCCCCCCC(=O)OCC(COC(=O)CCCCCCCCCC)OC(=O)CCCCCCC/C=C\CCC. The number of allylic oxidation sites excluding steroid dienone is 10. The van der Waals surface area contributed by atoms with Crippen LogP contribution in [-0.2, 0) is 28.6 Å². The van der Waals surface area contributed by atoms with Gasteiger partial charge in [-0.05, 0) is 77.0 Å². The average molecular weight is 825 g/mol. The largest absolute Gasteiger partial charge is 0.462 e. The Morgan fingerprint density at radius 2 is 0.695 bits per heavy atom. The second-order valence-electron chi connectivity index (χ2n) is 16.3. The third kappa shape index (κ3) is 46.0. The van der Waals surface area contributed by atoms with Crippen LogP contribution in [0.4, 0.5) is 0 Å². The molecule has 340 valence electrons. The monoisotopic (exact) mass is 825 g/mol. The molecule has 0 saturated carbocycles. The van der Waals surface area contributed by atoms with Crippen molar-refractivity contribution in [2.75, 3.05) is 13.2 Å². The fourth-order valence-electron chi connectivity index (χ4n) is 6.79. The molecule has 1 unspecified atom stereocenters. The fraction of sp³-hybridized carbons (Fsp3) is 0.755. The number of hydrogen-bond donors (Lipinski definition) is 0. The van der Waals surface area contributed by atoms with E-state index in [4.69, 9.17) is 14.2 Å². The van der Waals surface area contributed by atoms with Gasteiger partial charge in [-0.2, -0.15) is 0 Å². The Bertz CT molecular complexity index is 1090. The first kappa shape index (κ1) is 56.1. The minimum Gasteiger partial charge on any atom is -0.462 e. The smallest absolute Gasteiger partial charge is 0.306 e. The molecule has 1 atom stereocenters. The number of hydrogen-bond acceptors (Lipinski definition) is 6. The van der Waals surface area contributed by atoms with Gasteiger partial charge in [0.05, 0.1) is 0 Å². The summed E-state index contributed by atoms with van der Waals surface area (Å²) in [4.78, 5) is 37.7. The molecule has 0 saturated heterocycles. The highest BCUT2D eigenvalue weighted by Gasteiger charge is 2.19. The van der Waals surface area contributed by atoms with Crippen LogP contribution in [0.25, 0.3) is 0 Å². The lowest BCUT2D eigenvalue weighted by atomic mass is 10.1. The predicted molar refractivity (Wildman–Crippen MR) is 251 cm³/mol. The molecule has 0 rings (SSSR count). The molecule has 0 spiro atoms. The summed E-state index contributed by atoms with van der Waals surface area (Å²) >= 11 is 0. The molecule has 0 aromatic rings. The van der Waals surface area contributed by atoms with E-state index in [9.17, 15) is 14.4 Å². The van der Waals surface area contributed by atoms with E-state index in [1.807, 2.05) is 0 Å². The van der Waals surface area contributed by atoms with E-state index >= 15 is 0 Å². The summed E-state index contributed by atoms with van der Waals surface area (Å²) < 4.78 is 16.7. The lowest BCUT2D eigenvalue weighted by molar-refractivity contribution is -0.167. The maximum atomic E-state index is 12.7. The van der Waals surface area contributed by atoms with Gasteiger partial charge >= 0.3 is 17.9 Å². The number of carbonyl (C=O) groups excluding carboxylic acids is 3. The normalized spacial score (nSPS) is 12.5. The van der Waals surface area contributed by atoms with Crippen molar-refractivity contribution in [1.82, 2.24) is 0 Å². The molecule has 59 heavy (non-hydrogen) atoms. The van der Waals surface area contributed by atoms with Crippen molar-refractivity contribution >= 4 is 17.9 Å². The van der Waals surface area contributed by atoms with Crippen molar-refractivity contribution < 1.29 is 28.6 Å². The molecule has 0 aromatic carbocycles. The molecule has 0 amide bonds. The molecular weight excluding hydrogens is 733 g/mol. The first-order chi connectivity index (χ1) is 29.0. The van der Waals surface area contributed by atoms with Crippen LogP contribution in [0.1, 0.15) is 239 Å². The topological polar surface area (TPSA) is 78.9 Å². The molecule has 6 nitrogen and oxygen atoms in total. The lowest BCUT2D eigenvalue weighted by Crippen LogP contribution is -2.30. The van der Waals surface area contributed by atoms with Gasteiger partial charge in [-0.3, -0.25) is 14.4 Å². The summed E-state index contributed by atoms with van der Waals surface area (Å²) in [6.45, 7) is 6.42. The first-order valence-electron chi connectivity index (χ1n) is 24.8. The minimum atomic E-state index is -0.774. The molecular formula is C53H92O6. The Kier molecular flexibility index (Phi) is 45.4. The average Bonchev–Trinajstić information content (AvgIpc) is 3.23. The van der Waals surface area contributed by atoms with E-state index in [1.165, 1.54) is 96.3 Å². The van der Waals surface area contributed by atoms with E-state index < -0.39 is 6.10 Å². The Balaban J connectivity index is 4.18. The summed E-state index contributed by atoms with van der Waals surface area (Å²) in [5.74, 6) is -0.897. The van der Waals surface area contributed by atoms with Gasteiger partial charge in [0, 0.05) is 19.3 Å².